The predicted octanol–water partition coefficient (Wildman–Crippen LogP) is 2.37. The van der Waals surface area contributed by atoms with Crippen molar-refractivity contribution < 1.29 is 13.2 Å². The van der Waals surface area contributed by atoms with E-state index in [-0.39, 0.29) is 0 Å². The molecule has 1 atom stereocenters. The standard InChI is InChI=1S/C9H12F3N/c1-7-3-4-8(13(2)5-7)9(11,12)6-10/h3-5,8H,6H2,1-2H3. The van der Waals surface area contributed by atoms with E-state index in [0.717, 1.165) is 5.57 Å². The van der Waals surface area contributed by atoms with E-state index in [1.807, 2.05) is 0 Å². The van der Waals surface area contributed by atoms with Crippen LogP contribution in [0.4, 0.5) is 13.2 Å². The van der Waals surface area contributed by atoms with Crippen molar-refractivity contribution in [1.29, 1.82) is 0 Å². The molecule has 0 radical (unpaired) electrons. The van der Waals surface area contributed by atoms with Crippen molar-refractivity contribution in [2.45, 2.75) is 18.9 Å². The molecule has 0 aliphatic carbocycles. The van der Waals surface area contributed by atoms with Gasteiger partial charge >= 0.3 is 0 Å². The van der Waals surface area contributed by atoms with Crippen LogP contribution in [0.25, 0.3) is 0 Å². The largest absolute Gasteiger partial charge is 0.368 e. The molecule has 1 nitrogen and oxygen atoms in total. The van der Waals surface area contributed by atoms with E-state index >= 15 is 0 Å². The molecule has 0 amide bonds. The topological polar surface area (TPSA) is 3.24 Å². The van der Waals surface area contributed by atoms with Crippen molar-refractivity contribution in [2.24, 2.45) is 0 Å². The first kappa shape index (κ1) is 10.2. The molecule has 0 fully saturated rings. The van der Waals surface area contributed by atoms with Crippen LogP contribution >= 0.6 is 0 Å². The Kier molecular flexibility index (Phi) is 2.68. The molecule has 1 aliphatic heterocycles. The lowest BCUT2D eigenvalue weighted by atomic mass is 10.1. The summed E-state index contributed by atoms with van der Waals surface area (Å²) in [4.78, 5) is 1.33. The summed E-state index contributed by atoms with van der Waals surface area (Å²) in [5, 5.41) is 0. The number of nitrogens with zero attached hydrogens (tertiary/aromatic N) is 1. The number of allylic oxidation sites excluding steroid dienone is 2. The molecule has 1 aliphatic rings. The second kappa shape index (κ2) is 3.44. The van der Waals surface area contributed by atoms with E-state index < -0.39 is 18.6 Å². The Morgan fingerprint density at radius 3 is 2.62 bits per heavy atom. The van der Waals surface area contributed by atoms with Gasteiger partial charge in [-0.3, -0.25) is 0 Å². The van der Waals surface area contributed by atoms with Crippen LogP contribution in [0.1, 0.15) is 6.92 Å². The van der Waals surface area contributed by atoms with Gasteiger partial charge in [0.1, 0.15) is 6.04 Å². The fourth-order valence-corrected chi connectivity index (χ4v) is 1.34. The van der Waals surface area contributed by atoms with Crippen molar-refractivity contribution in [3.05, 3.63) is 23.9 Å². The van der Waals surface area contributed by atoms with Crippen LogP contribution in [0.5, 0.6) is 0 Å². The molecule has 13 heavy (non-hydrogen) atoms. The first-order valence-electron chi connectivity index (χ1n) is 4.00. The van der Waals surface area contributed by atoms with Gasteiger partial charge in [-0.05, 0) is 12.5 Å². The highest BCUT2D eigenvalue weighted by Crippen LogP contribution is 2.27. The van der Waals surface area contributed by atoms with Crippen LogP contribution < -0.4 is 0 Å². The lowest BCUT2D eigenvalue weighted by Crippen LogP contribution is -2.44. The van der Waals surface area contributed by atoms with Gasteiger partial charge in [-0.15, -0.1) is 0 Å². The Morgan fingerprint density at radius 2 is 2.15 bits per heavy atom. The van der Waals surface area contributed by atoms with Crippen LogP contribution in [0, 0.1) is 0 Å². The SMILES string of the molecule is CC1=CN(C)C(C(F)(F)CF)C=C1. The summed E-state index contributed by atoms with van der Waals surface area (Å²) in [7, 11) is 1.52. The summed E-state index contributed by atoms with van der Waals surface area (Å²) >= 11 is 0. The minimum absolute atomic E-state index is 0.883. The molecule has 0 spiro atoms. The molecule has 1 unspecified atom stereocenters. The van der Waals surface area contributed by atoms with Gasteiger partial charge in [0.15, 0.2) is 6.67 Å². The van der Waals surface area contributed by atoms with Crippen LogP contribution in [0.2, 0.25) is 0 Å². The summed E-state index contributed by atoms with van der Waals surface area (Å²) < 4.78 is 37.8. The lowest BCUT2D eigenvalue weighted by Gasteiger charge is -2.32. The molecule has 0 bridgehead atoms. The van der Waals surface area contributed by atoms with Crippen LogP contribution in [-0.2, 0) is 0 Å². The average Bonchev–Trinajstić information content (AvgIpc) is 2.03. The Labute approximate surface area is 75.5 Å². The van der Waals surface area contributed by atoms with E-state index in [4.69, 9.17) is 0 Å². The van der Waals surface area contributed by atoms with Crippen molar-refractivity contribution in [3.63, 3.8) is 0 Å². The molecule has 1 heterocycles. The summed E-state index contributed by atoms with van der Waals surface area (Å²) in [5.74, 6) is -3.30. The molecule has 0 aromatic carbocycles. The van der Waals surface area contributed by atoms with Gasteiger partial charge in [0.25, 0.3) is 5.92 Å². The highest BCUT2D eigenvalue weighted by molar-refractivity contribution is 5.23. The maximum absolute atomic E-state index is 12.9. The fraction of sp³-hybridized carbons (Fsp3) is 0.556. The smallest absolute Gasteiger partial charge is 0.299 e. The zero-order chi connectivity index (χ0) is 10.1. The van der Waals surface area contributed by atoms with Crippen molar-refractivity contribution >= 4 is 0 Å². The number of halogens is 3. The van der Waals surface area contributed by atoms with Gasteiger partial charge < -0.3 is 4.90 Å². The number of rotatable bonds is 2. The van der Waals surface area contributed by atoms with E-state index in [1.165, 1.54) is 18.0 Å². The first-order valence-corrected chi connectivity index (χ1v) is 4.00. The van der Waals surface area contributed by atoms with Gasteiger partial charge in [-0.2, -0.15) is 0 Å². The monoisotopic (exact) mass is 191 g/mol. The van der Waals surface area contributed by atoms with Crippen LogP contribution in [-0.4, -0.2) is 30.6 Å². The van der Waals surface area contributed by atoms with E-state index in [1.54, 1.807) is 19.2 Å². The fourth-order valence-electron chi connectivity index (χ4n) is 1.34. The molecule has 0 aromatic rings. The predicted molar refractivity (Wildman–Crippen MR) is 45.4 cm³/mol. The third-order valence-corrected chi connectivity index (χ3v) is 2.00. The number of hydrogen-bond acceptors (Lipinski definition) is 1. The Morgan fingerprint density at radius 1 is 1.54 bits per heavy atom. The minimum Gasteiger partial charge on any atom is -0.368 e. The Hall–Kier alpha value is -0.930. The molecule has 74 valence electrons. The van der Waals surface area contributed by atoms with Gasteiger partial charge in [0.05, 0.1) is 0 Å². The molecular formula is C9H12F3N. The zero-order valence-electron chi connectivity index (χ0n) is 7.60. The molecule has 0 aromatic heterocycles. The van der Waals surface area contributed by atoms with Gasteiger partial charge in [0.2, 0.25) is 0 Å². The highest BCUT2D eigenvalue weighted by Gasteiger charge is 2.40. The molecule has 4 heteroatoms. The minimum atomic E-state index is -3.30. The highest BCUT2D eigenvalue weighted by atomic mass is 19.3. The second-order valence-electron chi connectivity index (χ2n) is 3.24. The van der Waals surface area contributed by atoms with Crippen molar-refractivity contribution in [2.75, 3.05) is 13.7 Å². The molecule has 0 N–H and O–H groups in total. The molecule has 0 saturated carbocycles. The van der Waals surface area contributed by atoms with E-state index in [9.17, 15) is 13.2 Å². The Balaban J connectivity index is 2.80. The van der Waals surface area contributed by atoms with Crippen molar-refractivity contribution in [1.82, 2.24) is 4.90 Å². The van der Waals surface area contributed by atoms with E-state index in [0.29, 0.717) is 0 Å². The second-order valence-corrected chi connectivity index (χ2v) is 3.24. The van der Waals surface area contributed by atoms with Gasteiger partial charge in [-0.1, -0.05) is 12.2 Å². The summed E-state index contributed by atoms with van der Waals surface area (Å²) in [6.07, 6.45) is 4.48. The third kappa shape index (κ3) is 2.05. The molecule has 1 rings (SSSR count). The van der Waals surface area contributed by atoms with Gasteiger partial charge in [0, 0.05) is 13.2 Å². The normalized spacial score (nSPS) is 23.3. The molecule has 0 saturated heterocycles. The van der Waals surface area contributed by atoms with Crippen LogP contribution in [0.15, 0.2) is 23.9 Å². The van der Waals surface area contributed by atoms with Crippen molar-refractivity contribution in [3.8, 4) is 0 Å². The van der Waals surface area contributed by atoms with E-state index in [2.05, 4.69) is 0 Å². The third-order valence-electron chi connectivity index (χ3n) is 2.00. The average molecular weight is 191 g/mol. The zero-order valence-corrected chi connectivity index (χ0v) is 7.60. The van der Waals surface area contributed by atoms with Gasteiger partial charge in [-0.25, -0.2) is 13.2 Å². The first-order chi connectivity index (χ1) is 5.97. The van der Waals surface area contributed by atoms with Crippen LogP contribution in [0.3, 0.4) is 0 Å². The summed E-state index contributed by atoms with van der Waals surface area (Å²) in [5.41, 5.74) is 0.883. The quantitative estimate of drug-likeness (QED) is 0.647. The summed E-state index contributed by atoms with van der Waals surface area (Å²) in [6, 6.07) is -1.17. The number of hydrogen-bond donors (Lipinski definition) is 0. The summed E-state index contributed by atoms with van der Waals surface area (Å²) in [6.45, 7) is 0.177. The Bertz CT molecular complexity index is 245. The number of alkyl halides is 3. The number of likely N-dealkylation sites (N-methyl/N-ethyl adjacent to an activating group) is 1. The molecular weight excluding hydrogens is 179 g/mol. The lowest BCUT2D eigenvalue weighted by molar-refractivity contribution is -0.0653. The maximum atomic E-state index is 12.9. The maximum Gasteiger partial charge on any atom is 0.299 e.